The van der Waals surface area contributed by atoms with Crippen LogP contribution in [0.15, 0.2) is 18.2 Å². The average Bonchev–Trinajstić information content (AvgIpc) is 2.49. The number of methoxy groups -OCH3 is 2. The summed E-state index contributed by atoms with van der Waals surface area (Å²) in [6.45, 7) is 2.58. The molecule has 118 valence electrons. The summed E-state index contributed by atoms with van der Waals surface area (Å²) in [6.07, 6.45) is 0.285. The minimum Gasteiger partial charge on any atom is -0.469 e. The van der Waals surface area contributed by atoms with Gasteiger partial charge in [0, 0.05) is 33.3 Å². The molecule has 0 saturated carbocycles. The van der Waals surface area contributed by atoms with Crippen LogP contribution >= 0.6 is 0 Å². The summed E-state index contributed by atoms with van der Waals surface area (Å²) in [5.41, 5.74) is 7.41. The molecule has 0 spiro atoms. The molecule has 0 bridgehead atoms. The minimum atomic E-state index is -0.290. The van der Waals surface area contributed by atoms with Crippen LogP contribution < -0.4 is 5.73 Å². The summed E-state index contributed by atoms with van der Waals surface area (Å²) in [7, 11) is 2.98. The van der Waals surface area contributed by atoms with Gasteiger partial charge in [0.1, 0.15) is 5.82 Å². The van der Waals surface area contributed by atoms with Gasteiger partial charge < -0.3 is 15.2 Å². The quantitative estimate of drug-likeness (QED) is 0.696. The van der Waals surface area contributed by atoms with E-state index in [0.29, 0.717) is 32.8 Å². The summed E-state index contributed by atoms with van der Waals surface area (Å²) < 4.78 is 23.1. The molecule has 0 aliphatic heterocycles. The Balaban J connectivity index is 2.74. The standard InChI is InChI=1S/C15H23FN2O3/c1-20-8-7-18(6-5-15(19)21-2)11-13-9-14(16)4-3-12(13)10-17/h3-4,9H,5-8,10-11,17H2,1-2H3. The Bertz CT molecular complexity index is 455. The van der Waals surface area contributed by atoms with Crippen LogP contribution in [0.2, 0.25) is 0 Å². The molecule has 0 fully saturated rings. The van der Waals surface area contributed by atoms with E-state index in [1.165, 1.54) is 19.2 Å². The molecule has 21 heavy (non-hydrogen) atoms. The molecule has 0 heterocycles. The highest BCUT2D eigenvalue weighted by Gasteiger charge is 2.12. The third-order valence-electron chi connectivity index (χ3n) is 3.25. The number of halogens is 1. The zero-order chi connectivity index (χ0) is 15.7. The molecule has 0 atom stereocenters. The Morgan fingerprint density at radius 3 is 2.67 bits per heavy atom. The lowest BCUT2D eigenvalue weighted by Gasteiger charge is -2.22. The second-order valence-electron chi connectivity index (χ2n) is 4.71. The van der Waals surface area contributed by atoms with Crippen LogP contribution in [-0.4, -0.2) is 44.8 Å². The van der Waals surface area contributed by atoms with Crippen LogP contribution in [0, 0.1) is 5.82 Å². The molecule has 2 N–H and O–H groups in total. The molecule has 1 aromatic rings. The van der Waals surface area contributed by atoms with Gasteiger partial charge in [-0.1, -0.05) is 6.07 Å². The highest BCUT2D eigenvalue weighted by atomic mass is 19.1. The van der Waals surface area contributed by atoms with E-state index in [0.717, 1.165) is 11.1 Å². The van der Waals surface area contributed by atoms with Gasteiger partial charge in [0.2, 0.25) is 0 Å². The second-order valence-corrected chi connectivity index (χ2v) is 4.71. The number of benzene rings is 1. The molecule has 0 aliphatic carbocycles. The van der Waals surface area contributed by atoms with Gasteiger partial charge in [-0.15, -0.1) is 0 Å². The first kappa shape index (κ1) is 17.6. The van der Waals surface area contributed by atoms with Crippen molar-refractivity contribution in [2.24, 2.45) is 5.73 Å². The predicted octanol–water partition coefficient (Wildman–Crippen LogP) is 1.30. The zero-order valence-electron chi connectivity index (χ0n) is 12.6. The normalized spacial score (nSPS) is 10.9. The van der Waals surface area contributed by atoms with Gasteiger partial charge in [0.25, 0.3) is 0 Å². The van der Waals surface area contributed by atoms with Gasteiger partial charge in [-0.2, -0.15) is 0 Å². The summed E-state index contributed by atoms with van der Waals surface area (Å²) in [5.74, 6) is -0.558. The number of hydrogen-bond donors (Lipinski definition) is 1. The van der Waals surface area contributed by atoms with Crippen molar-refractivity contribution >= 4 is 5.97 Å². The predicted molar refractivity (Wildman–Crippen MR) is 78.1 cm³/mol. The maximum Gasteiger partial charge on any atom is 0.306 e. The summed E-state index contributed by atoms with van der Waals surface area (Å²) >= 11 is 0. The lowest BCUT2D eigenvalue weighted by atomic mass is 10.1. The molecule has 0 unspecified atom stereocenters. The number of esters is 1. The van der Waals surface area contributed by atoms with Gasteiger partial charge in [-0.25, -0.2) is 4.39 Å². The number of nitrogens with two attached hydrogens (primary N) is 1. The highest BCUT2D eigenvalue weighted by Crippen LogP contribution is 2.14. The van der Waals surface area contributed by atoms with E-state index in [1.807, 2.05) is 4.90 Å². The molecule has 6 heteroatoms. The summed E-state index contributed by atoms with van der Waals surface area (Å²) in [4.78, 5) is 13.3. The topological polar surface area (TPSA) is 64.8 Å². The molecule has 0 aliphatic rings. The maximum absolute atomic E-state index is 13.4. The Hall–Kier alpha value is -1.50. The van der Waals surface area contributed by atoms with Crippen LogP contribution in [0.1, 0.15) is 17.5 Å². The van der Waals surface area contributed by atoms with Crippen LogP contribution in [0.5, 0.6) is 0 Å². The van der Waals surface area contributed by atoms with Crippen molar-refractivity contribution in [3.63, 3.8) is 0 Å². The third-order valence-corrected chi connectivity index (χ3v) is 3.25. The SMILES string of the molecule is COCCN(CCC(=O)OC)Cc1cc(F)ccc1CN. The Kier molecular flexibility index (Phi) is 7.89. The van der Waals surface area contributed by atoms with E-state index >= 15 is 0 Å². The number of hydrogen-bond acceptors (Lipinski definition) is 5. The van der Waals surface area contributed by atoms with Gasteiger partial charge in [0.15, 0.2) is 0 Å². The second kappa shape index (κ2) is 9.44. The molecule has 1 aromatic carbocycles. The molecule has 1 rings (SSSR count). The fourth-order valence-corrected chi connectivity index (χ4v) is 2.02. The highest BCUT2D eigenvalue weighted by molar-refractivity contribution is 5.69. The molecule has 0 amide bonds. The Morgan fingerprint density at radius 2 is 2.05 bits per heavy atom. The summed E-state index contributed by atoms with van der Waals surface area (Å²) in [6, 6.07) is 4.58. The summed E-state index contributed by atoms with van der Waals surface area (Å²) in [5, 5.41) is 0. The first-order valence-corrected chi connectivity index (χ1v) is 6.86. The monoisotopic (exact) mass is 298 g/mol. The zero-order valence-corrected chi connectivity index (χ0v) is 12.6. The Morgan fingerprint density at radius 1 is 1.29 bits per heavy atom. The first-order valence-electron chi connectivity index (χ1n) is 6.86. The Labute approximate surface area is 124 Å². The van der Waals surface area contributed by atoms with Crippen LogP contribution in [0.3, 0.4) is 0 Å². The van der Waals surface area contributed by atoms with Gasteiger partial charge in [0.05, 0.1) is 20.1 Å². The van der Waals surface area contributed by atoms with Crippen molar-refractivity contribution in [2.75, 3.05) is 33.9 Å². The fourth-order valence-electron chi connectivity index (χ4n) is 2.02. The van der Waals surface area contributed by atoms with E-state index in [2.05, 4.69) is 4.74 Å². The third kappa shape index (κ3) is 6.20. The fraction of sp³-hybridized carbons (Fsp3) is 0.533. The van der Waals surface area contributed by atoms with Crippen molar-refractivity contribution in [1.29, 1.82) is 0 Å². The number of nitrogens with zero attached hydrogens (tertiary/aromatic N) is 1. The largest absolute Gasteiger partial charge is 0.469 e. The van der Waals surface area contributed by atoms with Crippen LogP contribution in [0.4, 0.5) is 4.39 Å². The molecular weight excluding hydrogens is 275 g/mol. The molecule has 0 aromatic heterocycles. The van der Waals surface area contributed by atoms with Crippen LogP contribution in [0.25, 0.3) is 0 Å². The lowest BCUT2D eigenvalue weighted by molar-refractivity contribution is -0.141. The van der Waals surface area contributed by atoms with Gasteiger partial charge in [-0.3, -0.25) is 9.69 Å². The van der Waals surface area contributed by atoms with E-state index in [1.54, 1.807) is 13.2 Å². The van der Waals surface area contributed by atoms with Crippen molar-refractivity contribution in [3.8, 4) is 0 Å². The van der Waals surface area contributed by atoms with Crippen molar-refractivity contribution in [1.82, 2.24) is 4.90 Å². The number of carbonyl (C=O) groups excluding carboxylic acids is 1. The maximum atomic E-state index is 13.4. The van der Waals surface area contributed by atoms with Crippen LogP contribution in [-0.2, 0) is 27.4 Å². The molecule has 0 radical (unpaired) electrons. The van der Waals surface area contributed by atoms with Crippen molar-refractivity contribution in [3.05, 3.63) is 35.1 Å². The van der Waals surface area contributed by atoms with E-state index in [9.17, 15) is 9.18 Å². The first-order chi connectivity index (χ1) is 10.1. The number of ether oxygens (including phenoxy) is 2. The minimum absolute atomic E-state index is 0.268. The van der Waals surface area contributed by atoms with Crippen molar-refractivity contribution in [2.45, 2.75) is 19.5 Å². The number of rotatable bonds is 9. The van der Waals surface area contributed by atoms with E-state index in [-0.39, 0.29) is 18.2 Å². The lowest BCUT2D eigenvalue weighted by Crippen LogP contribution is -2.30. The number of carbonyl (C=O) groups is 1. The van der Waals surface area contributed by atoms with Gasteiger partial charge in [-0.05, 0) is 23.3 Å². The van der Waals surface area contributed by atoms with Gasteiger partial charge >= 0.3 is 5.97 Å². The van der Waals surface area contributed by atoms with E-state index < -0.39 is 0 Å². The molecule has 0 saturated heterocycles. The average molecular weight is 298 g/mol. The van der Waals surface area contributed by atoms with E-state index in [4.69, 9.17) is 10.5 Å². The van der Waals surface area contributed by atoms with Crippen molar-refractivity contribution < 1.29 is 18.7 Å². The molecule has 5 nitrogen and oxygen atoms in total. The molecular formula is C15H23FN2O3. The smallest absolute Gasteiger partial charge is 0.306 e.